The molecule has 1 aromatic rings. The molecule has 0 unspecified atom stereocenters. The average molecular weight is 223 g/mol. The first-order chi connectivity index (χ1) is 7.77. The zero-order valence-corrected chi connectivity index (χ0v) is 9.54. The summed E-state index contributed by atoms with van der Waals surface area (Å²) in [4.78, 5) is 13.8. The van der Waals surface area contributed by atoms with Gasteiger partial charge in [0.05, 0.1) is 0 Å². The number of carbonyl (C=O) groups excluding carboxylic acids is 1. The Bertz CT molecular complexity index is 331. The predicted octanol–water partition coefficient (Wildman–Crippen LogP) is 0.464. The highest BCUT2D eigenvalue weighted by molar-refractivity contribution is 5.75. The Balaban J connectivity index is 1.88. The van der Waals surface area contributed by atoms with Gasteiger partial charge in [0.25, 0.3) is 0 Å². The number of aromatic nitrogens is 4. The maximum Gasteiger partial charge on any atom is 0.244 e. The molecular formula is C10H17N5O. The summed E-state index contributed by atoms with van der Waals surface area (Å²) in [5, 5.41) is 10.7. The molecular weight excluding hydrogens is 206 g/mol. The summed E-state index contributed by atoms with van der Waals surface area (Å²) < 4.78 is 1.46. The van der Waals surface area contributed by atoms with Crippen LogP contribution >= 0.6 is 0 Å². The SMILES string of the molecule is CN(C(=O)Cn1cnnn1)C1CCCCC1. The first kappa shape index (κ1) is 11.0. The zero-order valence-electron chi connectivity index (χ0n) is 9.54. The fourth-order valence-corrected chi connectivity index (χ4v) is 2.17. The molecule has 1 aliphatic rings. The van der Waals surface area contributed by atoms with E-state index in [9.17, 15) is 4.79 Å². The van der Waals surface area contributed by atoms with Crippen LogP contribution in [0.1, 0.15) is 32.1 Å². The van der Waals surface area contributed by atoms with Gasteiger partial charge in [-0.15, -0.1) is 5.10 Å². The van der Waals surface area contributed by atoms with E-state index in [1.54, 1.807) is 0 Å². The highest BCUT2D eigenvalue weighted by atomic mass is 16.2. The van der Waals surface area contributed by atoms with Crippen molar-refractivity contribution in [3.63, 3.8) is 0 Å². The second-order valence-electron chi connectivity index (χ2n) is 4.30. The summed E-state index contributed by atoms with van der Waals surface area (Å²) in [6.45, 7) is 0.236. The molecule has 0 radical (unpaired) electrons. The second kappa shape index (κ2) is 5.05. The van der Waals surface area contributed by atoms with E-state index >= 15 is 0 Å². The minimum atomic E-state index is 0.0826. The van der Waals surface area contributed by atoms with Crippen molar-refractivity contribution in [2.75, 3.05) is 7.05 Å². The first-order valence-electron chi connectivity index (χ1n) is 5.74. The lowest BCUT2D eigenvalue weighted by atomic mass is 9.94. The Morgan fingerprint density at radius 3 is 2.81 bits per heavy atom. The van der Waals surface area contributed by atoms with E-state index in [0.29, 0.717) is 6.04 Å². The molecule has 6 nitrogen and oxygen atoms in total. The van der Waals surface area contributed by atoms with Crippen LogP contribution < -0.4 is 0 Å². The average Bonchev–Trinajstić information content (AvgIpc) is 2.82. The standard InChI is InChI=1S/C10H17N5O/c1-14(9-5-3-2-4-6-9)10(16)7-15-8-11-12-13-15/h8-9H,2-7H2,1H3. The molecule has 0 aliphatic heterocycles. The van der Waals surface area contributed by atoms with Crippen molar-refractivity contribution >= 4 is 5.91 Å². The third-order valence-corrected chi connectivity index (χ3v) is 3.20. The van der Waals surface area contributed by atoms with Crippen molar-refractivity contribution in [2.45, 2.75) is 44.7 Å². The fraction of sp³-hybridized carbons (Fsp3) is 0.800. The quantitative estimate of drug-likeness (QED) is 0.747. The van der Waals surface area contributed by atoms with Gasteiger partial charge < -0.3 is 4.90 Å². The molecule has 16 heavy (non-hydrogen) atoms. The number of carbonyl (C=O) groups is 1. The molecule has 0 bridgehead atoms. The molecule has 1 fully saturated rings. The molecule has 88 valence electrons. The first-order valence-corrected chi connectivity index (χ1v) is 5.74. The summed E-state index contributed by atoms with van der Waals surface area (Å²) in [5.74, 6) is 0.0826. The normalized spacial score (nSPS) is 17.3. The molecule has 0 aromatic carbocycles. The number of amides is 1. The lowest BCUT2D eigenvalue weighted by Gasteiger charge is -2.31. The van der Waals surface area contributed by atoms with Crippen molar-refractivity contribution in [3.8, 4) is 0 Å². The lowest BCUT2D eigenvalue weighted by molar-refractivity contribution is -0.133. The van der Waals surface area contributed by atoms with Crippen LogP contribution in [0.5, 0.6) is 0 Å². The monoisotopic (exact) mass is 223 g/mol. The molecule has 0 atom stereocenters. The van der Waals surface area contributed by atoms with Gasteiger partial charge in [-0.3, -0.25) is 4.79 Å². The van der Waals surface area contributed by atoms with Gasteiger partial charge in [0.2, 0.25) is 5.91 Å². The number of hydrogen-bond acceptors (Lipinski definition) is 4. The maximum absolute atomic E-state index is 11.9. The molecule has 1 aliphatic carbocycles. The van der Waals surface area contributed by atoms with Gasteiger partial charge in [-0.1, -0.05) is 19.3 Å². The Hall–Kier alpha value is -1.46. The van der Waals surface area contributed by atoms with Crippen molar-refractivity contribution in [1.29, 1.82) is 0 Å². The van der Waals surface area contributed by atoms with Crippen LogP contribution in [-0.2, 0) is 11.3 Å². The van der Waals surface area contributed by atoms with E-state index in [1.165, 1.54) is 30.3 Å². The summed E-state index contributed by atoms with van der Waals surface area (Å²) >= 11 is 0. The smallest absolute Gasteiger partial charge is 0.244 e. The summed E-state index contributed by atoms with van der Waals surface area (Å²) in [6.07, 6.45) is 7.47. The van der Waals surface area contributed by atoms with Crippen LogP contribution in [0.4, 0.5) is 0 Å². The molecule has 1 amide bonds. The van der Waals surface area contributed by atoms with E-state index in [4.69, 9.17) is 0 Å². The number of tetrazole rings is 1. The zero-order chi connectivity index (χ0) is 11.4. The Morgan fingerprint density at radius 2 is 2.19 bits per heavy atom. The number of nitrogens with zero attached hydrogens (tertiary/aromatic N) is 5. The number of likely N-dealkylation sites (N-methyl/N-ethyl adjacent to an activating group) is 1. The predicted molar refractivity (Wildman–Crippen MR) is 57.5 cm³/mol. The van der Waals surface area contributed by atoms with E-state index < -0.39 is 0 Å². The van der Waals surface area contributed by atoms with E-state index in [1.807, 2.05) is 11.9 Å². The fourth-order valence-electron chi connectivity index (χ4n) is 2.17. The van der Waals surface area contributed by atoms with Gasteiger partial charge in [0, 0.05) is 13.1 Å². The van der Waals surface area contributed by atoms with Crippen LogP contribution in [0.15, 0.2) is 6.33 Å². The van der Waals surface area contributed by atoms with E-state index in [0.717, 1.165) is 12.8 Å². The topological polar surface area (TPSA) is 63.9 Å². The van der Waals surface area contributed by atoms with Gasteiger partial charge in [0.1, 0.15) is 12.9 Å². The summed E-state index contributed by atoms with van der Waals surface area (Å²) in [6, 6.07) is 0.401. The molecule has 1 heterocycles. The van der Waals surface area contributed by atoms with Crippen LogP contribution in [-0.4, -0.2) is 44.1 Å². The van der Waals surface area contributed by atoms with E-state index in [2.05, 4.69) is 15.5 Å². The van der Waals surface area contributed by atoms with Crippen molar-refractivity contribution < 1.29 is 4.79 Å². The van der Waals surface area contributed by atoms with Crippen molar-refractivity contribution in [2.24, 2.45) is 0 Å². The minimum Gasteiger partial charge on any atom is -0.341 e. The van der Waals surface area contributed by atoms with Gasteiger partial charge in [-0.25, -0.2) is 4.68 Å². The van der Waals surface area contributed by atoms with Crippen molar-refractivity contribution in [1.82, 2.24) is 25.1 Å². The van der Waals surface area contributed by atoms with Crippen LogP contribution in [0, 0.1) is 0 Å². The molecule has 1 aromatic heterocycles. The second-order valence-corrected chi connectivity index (χ2v) is 4.30. The Labute approximate surface area is 94.6 Å². The molecule has 2 rings (SSSR count). The molecule has 0 saturated heterocycles. The maximum atomic E-state index is 11.9. The largest absolute Gasteiger partial charge is 0.341 e. The molecule has 1 saturated carbocycles. The van der Waals surface area contributed by atoms with Crippen LogP contribution in [0.3, 0.4) is 0 Å². The van der Waals surface area contributed by atoms with Gasteiger partial charge in [0.15, 0.2) is 0 Å². The van der Waals surface area contributed by atoms with Crippen LogP contribution in [0.2, 0.25) is 0 Å². The Morgan fingerprint density at radius 1 is 1.44 bits per heavy atom. The molecule has 0 spiro atoms. The number of hydrogen-bond donors (Lipinski definition) is 0. The van der Waals surface area contributed by atoms with Crippen molar-refractivity contribution in [3.05, 3.63) is 6.33 Å². The lowest BCUT2D eigenvalue weighted by Crippen LogP contribution is -2.40. The van der Waals surface area contributed by atoms with Gasteiger partial charge >= 0.3 is 0 Å². The minimum absolute atomic E-state index is 0.0826. The highest BCUT2D eigenvalue weighted by Crippen LogP contribution is 2.21. The van der Waals surface area contributed by atoms with E-state index in [-0.39, 0.29) is 12.5 Å². The summed E-state index contributed by atoms with van der Waals surface area (Å²) in [7, 11) is 1.88. The third kappa shape index (κ3) is 2.56. The summed E-state index contributed by atoms with van der Waals surface area (Å²) in [5.41, 5.74) is 0. The van der Waals surface area contributed by atoms with Crippen LogP contribution in [0.25, 0.3) is 0 Å². The number of rotatable bonds is 3. The van der Waals surface area contributed by atoms with Gasteiger partial charge in [-0.05, 0) is 23.3 Å². The molecule has 0 N–H and O–H groups in total. The highest BCUT2D eigenvalue weighted by Gasteiger charge is 2.22. The Kier molecular flexibility index (Phi) is 3.48. The third-order valence-electron chi connectivity index (χ3n) is 3.20. The van der Waals surface area contributed by atoms with Gasteiger partial charge in [-0.2, -0.15) is 0 Å². The molecule has 6 heteroatoms.